The Hall–Kier alpha value is -2.16. The number of aromatic hydroxyl groups is 2. The van der Waals surface area contributed by atoms with Crippen LogP contribution in [0.4, 0.5) is 5.69 Å². The Balaban J connectivity index is 2.32. The lowest BCUT2D eigenvalue weighted by Gasteiger charge is -2.21. The van der Waals surface area contributed by atoms with Crippen molar-refractivity contribution in [3.05, 3.63) is 53.1 Å². The molecule has 0 fully saturated rings. The summed E-state index contributed by atoms with van der Waals surface area (Å²) in [5.74, 6) is 0.615. The molecule has 0 heterocycles. The van der Waals surface area contributed by atoms with E-state index in [0.717, 1.165) is 28.8 Å². The van der Waals surface area contributed by atoms with Crippen molar-refractivity contribution < 1.29 is 10.2 Å². The molecule has 0 spiro atoms. The van der Waals surface area contributed by atoms with Crippen LogP contribution in [0.5, 0.6) is 11.5 Å². The van der Waals surface area contributed by atoms with Crippen molar-refractivity contribution in [3.8, 4) is 11.5 Å². The number of aryl methyl sites for hydroxylation is 2. The third kappa shape index (κ3) is 2.87. The molecule has 0 aliphatic carbocycles. The van der Waals surface area contributed by atoms with Gasteiger partial charge in [-0.05, 0) is 49.6 Å². The molecule has 2 rings (SSSR count). The first kappa shape index (κ1) is 14.3. The largest absolute Gasteiger partial charge is 0.508 e. The van der Waals surface area contributed by atoms with Crippen molar-refractivity contribution in [2.45, 2.75) is 33.2 Å². The first-order chi connectivity index (χ1) is 9.52. The zero-order chi connectivity index (χ0) is 14.7. The molecular weight excluding hydrogens is 250 g/mol. The predicted octanol–water partition coefficient (Wildman–Crippen LogP) is 4.28. The number of nitrogens with one attached hydrogen (secondary N) is 1. The lowest BCUT2D eigenvalue weighted by Crippen LogP contribution is -2.11. The van der Waals surface area contributed by atoms with Gasteiger partial charge in [0.1, 0.15) is 11.5 Å². The fourth-order valence-corrected chi connectivity index (χ4v) is 2.33. The number of phenols is 2. The average Bonchev–Trinajstić information content (AvgIpc) is 2.42. The van der Waals surface area contributed by atoms with Gasteiger partial charge in [0.25, 0.3) is 0 Å². The topological polar surface area (TPSA) is 52.5 Å². The maximum Gasteiger partial charge on any atom is 0.120 e. The highest BCUT2D eigenvalue weighted by atomic mass is 16.3. The third-order valence-corrected chi connectivity index (χ3v) is 3.59. The fourth-order valence-electron chi connectivity index (χ4n) is 2.33. The van der Waals surface area contributed by atoms with Gasteiger partial charge in [-0.1, -0.05) is 25.1 Å². The van der Waals surface area contributed by atoms with E-state index in [9.17, 15) is 10.2 Å². The van der Waals surface area contributed by atoms with Gasteiger partial charge < -0.3 is 15.5 Å². The van der Waals surface area contributed by atoms with Gasteiger partial charge in [-0.3, -0.25) is 0 Å². The van der Waals surface area contributed by atoms with Crippen molar-refractivity contribution in [2.24, 2.45) is 0 Å². The minimum Gasteiger partial charge on any atom is -0.508 e. The Kier molecular flexibility index (Phi) is 4.18. The summed E-state index contributed by atoms with van der Waals surface area (Å²) in [5.41, 5.74) is 3.70. The summed E-state index contributed by atoms with van der Waals surface area (Å²) in [6, 6.07) is 11.1. The predicted molar refractivity (Wildman–Crippen MR) is 82.3 cm³/mol. The lowest BCUT2D eigenvalue weighted by molar-refractivity contribution is 0.462. The standard InChI is InChI=1S/C17H21NO2/c1-4-14(13-7-5-6-8-16(13)19)18-15-9-12(3)17(20)10-11(15)2/h5-10,14,18-20H,4H2,1-3H3. The van der Waals surface area contributed by atoms with E-state index in [0.29, 0.717) is 11.5 Å². The molecule has 2 aromatic carbocycles. The molecule has 106 valence electrons. The van der Waals surface area contributed by atoms with Crippen molar-refractivity contribution in [1.29, 1.82) is 0 Å². The van der Waals surface area contributed by atoms with E-state index in [1.807, 2.05) is 38.1 Å². The van der Waals surface area contributed by atoms with Crippen LogP contribution < -0.4 is 5.32 Å². The number of hydrogen-bond acceptors (Lipinski definition) is 3. The SMILES string of the molecule is CCC(Nc1cc(C)c(O)cc1C)c1ccccc1O. The van der Waals surface area contributed by atoms with Crippen LogP contribution >= 0.6 is 0 Å². The molecule has 20 heavy (non-hydrogen) atoms. The molecule has 2 aromatic rings. The Bertz CT molecular complexity index is 608. The van der Waals surface area contributed by atoms with Gasteiger partial charge in [-0.15, -0.1) is 0 Å². The lowest BCUT2D eigenvalue weighted by atomic mass is 10.0. The molecular formula is C17H21NO2. The average molecular weight is 271 g/mol. The van der Waals surface area contributed by atoms with E-state index in [1.54, 1.807) is 12.1 Å². The van der Waals surface area contributed by atoms with E-state index in [4.69, 9.17) is 0 Å². The van der Waals surface area contributed by atoms with Crippen LogP contribution in [0.3, 0.4) is 0 Å². The molecule has 1 atom stereocenters. The third-order valence-electron chi connectivity index (χ3n) is 3.59. The number of para-hydroxylation sites is 1. The number of anilines is 1. The molecule has 0 bridgehead atoms. The van der Waals surface area contributed by atoms with Crippen molar-refractivity contribution in [2.75, 3.05) is 5.32 Å². The highest BCUT2D eigenvalue weighted by molar-refractivity contribution is 5.58. The minimum atomic E-state index is 0.0406. The van der Waals surface area contributed by atoms with Gasteiger partial charge in [-0.2, -0.15) is 0 Å². The Morgan fingerprint density at radius 1 is 1.00 bits per heavy atom. The highest BCUT2D eigenvalue weighted by Crippen LogP contribution is 2.32. The molecule has 0 saturated heterocycles. The van der Waals surface area contributed by atoms with Crippen LogP contribution in [0, 0.1) is 13.8 Å². The Labute approximate surface area is 119 Å². The summed E-state index contributed by atoms with van der Waals surface area (Å²) in [7, 11) is 0. The molecule has 0 saturated carbocycles. The summed E-state index contributed by atoms with van der Waals surface area (Å²) in [4.78, 5) is 0. The summed E-state index contributed by atoms with van der Waals surface area (Å²) in [6.45, 7) is 5.91. The van der Waals surface area contributed by atoms with Crippen LogP contribution in [0.25, 0.3) is 0 Å². The summed E-state index contributed by atoms with van der Waals surface area (Å²) >= 11 is 0. The molecule has 0 radical (unpaired) electrons. The Morgan fingerprint density at radius 3 is 2.35 bits per heavy atom. The van der Waals surface area contributed by atoms with E-state index in [2.05, 4.69) is 12.2 Å². The van der Waals surface area contributed by atoms with Gasteiger partial charge in [-0.25, -0.2) is 0 Å². The quantitative estimate of drug-likeness (QED) is 0.727. The van der Waals surface area contributed by atoms with Crippen molar-refractivity contribution >= 4 is 5.69 Å². The molecule has 3 nitrogen and oxygen atoms in total. The van der Waals surface area contributed by atoms with Gasteiger partial charge in [0.2, 0.25) is 0 Å². The second-order valence-electron chi connectivity index (χ2n) is 5.12. The zero-order valence-electron chi connectivity index (χ0n) is 12.1. The Morgan fingerprint density at radius 2 is 1.70 bits per heavy atom. The maximum absolute atomic E-state index is 9.98. The molecule has 1 unspecified atom stereocenters. The fraction of sp³-hybridized carbons (Fsp3) is 0.294. The minimum absolute atomic E-state index is 0.0406. The molecule has 0 amide bonds. The van der Waals surface area contributed by atoms with Crippen LogP contribution in [-0.4, -0.2) is 10.2 Å². The second kappa shape index (κ2) is 5.87. The van der Waals surface area contributed by atoms with Crippen molar-refractivity contribution in [3.63, 3.8) is 0 Å². The summed E-state index contributed by atoms with van der Waals surface area (Å²) in [5, 5.41) is 23.1. The van der Waals surface area contributed by atoms with E-state index in [1.165, 1.54) is 0 Å². The van der Waals surface area contributed by atoms with Gasteiger partial charge >= 0.3 is 0 Å². The van der Waals surface area contributed by atoms with Crippen LogP contribution in [-0.2, 0) is 0 Å². The van der Waals surface area contributed by atoms with E-state index >= 15 is 0 Å². The number of rotatable bonds is 4. The van der Waals surface area contributed by atoms with Crippen LogP contribution in [0.15, 0.2) is 36.4 Å². The summed E-state index contributed by atoms with van der Waals surface area (Å²) < 4.78 is 0. The van der Waals surface area contributed by atoms with Crippen LogP contribution in [0.2, 0.25) is 0 Å². The number of benzene rings is 2. The normalized spacial score (nSPS) is 12.2. The molecule has 0 aliphatic heterocycles. The summed E-state index contributed by atoms with van der Waals surface area (Å²) in [6.07, 6.45) is 0.858. The van der Waals surface area contributed by atoms with Gasteiger partial charge in [0.05, 0.1) is 6.04 Å². The maximum atomic E-state index is 9.98. The zero-order valence-corrected chi connectivity index (χ0v) is 12.1. The highest BCUT2D eigenvalue weighted by Gasteiger charge is 2.14. The van der Waals surface area contributed by atoms with Crippen LogP contribution in [0.1, 0.15) is 36.1 Å². The second-order valence-corrected chi connectivity index (χ2v) is 5.12. The molecule has 3 N–H and O–H groups in total. The van der Waals surface area contributed by atoms with Gasteiger partial charge in [0, 0.05) is 11.3 Å². The first-order valence-corrected chi connectivity index (χ1v) is 6.87. The molecule has 0 aromatic heterocycles. The number of phenolic OH excluding ortho intramolecular Hbond substituents is 2. The monoisotopic (exact) mass is 271 g/mol. The smallest absolute Gasteiger partial charge is 0.120 e. The van der Waals surface area contributed by atoms with E-state index in [-0.39, 0.29) is 6.04 Å². The number of hydrogen-bond donors (Lipinski definition) is 3. The van der Waals surface area contributed by atoms with Crippen molar-refractivity contribution in [1.82, 2.24) is 0 Å². The molecule has 3 heteroatoms. The van der Waals surface area contributed by atoms with Gasteiger partial charge in [0.15, 0.2) is 0 Å². The first-order valence-electron chi connectivity index (χ1n) is 6.87. The van der Waals surface area contributed by atoms with E-state index < -0.39 is 0 Å². The molecule has 0 aliphatic rings.